The van der Waals surface area contributed by atoms with E-state index in [2.05, 4.69) is 5.32 Å². The molecule has 4 nitrogen and oxygen atoms in total. The Bertz CT molecular complexity index is 479. The van der Waals surface area contributed by atoms with Crippen molar-refractivity contribution in [2.75, 3.05) is 6.54 Å². The van der Waals surface area contributed by atoms with E-state index < -0.39 is 11.4 Å². The number of carboxylic acid groups (broad SMARTS) is 1. The van der Waals surface area contributed by atoms with Gasteiger partial charge in [0.05, 0.1) is 10.4 Å². The van der Waals surface area contributed by atoms with Gasteiger partial charge >= 0.3 is 5.97 Å². The average Bonchev–Trinajstić information content (AvgIpc) is 3.00. The molecule has 0 spiro atoms. The molecule has 1 aliphatic rings. The highest BCUT2D eigenvalue weighted by Gasteiger charge is 2.50. The van der Waals surface area contributed by atoms with Crippen molar-refractivity contribution >= 4 is 34.8 Å². The average molecular weight is 274 g/mol. The van der Waals surface area contributed by atoms with Crippen LogP contribution in [0.4, 0.5) is 0 Å². The van der Waals surface area contributed by atoms with E-state index in [1.807, 2.05) is 6.92 Å². The summed E-state index contributed by atoms with van der Waals surface area (Å²) in [5.74, 6) is -1.13. The molecule has 0 aromatic carbocycles. The first-order valence-corrected chi connectivity index (χ1v) is 6.47. The summed E-state index contributed by atoms with van der Waals surface area (Å²) in [6.07, 6.45) is 1.25. The molecule has 1 aromatic rings. The number of hydrogen-bond acceptors (Lipinski definition) is 3. The second-order valence-corrected chi connectivity index (χ2v) is 5.59. The molecule has 6 heteroatoms. The second-order valence-electron chi connectivity index (χ2n) is 4.33. The van der Waals surface area contributed by atoms with Crippen molar-refractivity contribution in [2.24, 2.45) is 5.41 Å². The Morgan fingerprint density at radius 2 is 2.24 bits per heavy atom. The molecule has 1 heterocycles. The van der Waals surface area contributed by atoms with Crippen molar-refractivity contribution < 1.29 is 14.7 Å². The van der Waals surface area contributed by atoms with Gasteiger partial charge in [-0.25, -0.2) is 0 Å². The highest BCUT2D eigenvalue weighted by molar-refractivity contribution is 7.13. The predicted octanol–water partition coefficient (Wildman–Crippen LogP) is 2.30. The quantitative estimate of drug-likeness (QED) is 0.885. The minimum Gasteiger partial charge on any atom is -0.481 e. The number of rotatable bonds is 4. The molecule has 0 bridgehead atoms. The van der Waals surface area contributed by atoms with Crippen LogP contribution in [0.5, 0.6) is 0 Å². The molecule has 2 N–H and O–H groups in total. The van der Waals surface area contributed by atoms with Gasteiger partial charge in [-0.3, -0.25) is 9.59 Å². The summed E-state index contributed by atoms with van der Waals surface area (Å²) >= 11 is 7.24. The molecular weight excluding hydrogens is 262 g/mol. The monoisotopic (exact) mass is 273 g/mol. The summed E-state index contributed by atoms with van der Waals surface area (Å²) < 4.78 is 0. The van der Waals surface area contributed by atoms with Crippen molar-refractivity contribution in [3.05, 3.63) is 20.8 Å². The number of amides is 1. The molecule has 92 valence electrons. The Labute approximate surface area is 108 Å². The molecule has 1 amide bonds. The molecule has 17 heavy (non-hydrogen) atoms. The van der Waals surface area contributed by atoms with Crippen LogP contribution in [0, 0.1) is 12.3 Å². The zero-order chi connectivity index (χ0) is 12.6. The molecular formula is C11H12ClNO3S. The summed E-state index contributed by atoms with van der Waals surface area (Å²) in [6.45, 7) is 2.00. The number of aryl methyl sites for hydroxylation is 1. The number of nitrogens with one attached hydrogen (secondary N) is 1. The number of carboxylic acids is 1. The van der Waals surface area contributed by atoms with E-state index in [9.17, 15) is 9.59 Å². The van der Waals surface area contributed by atoms with Gasteiger partial charge in [0.25, 0.3) is 5.91 Å². The largest absolute Gasteiger partial charge is 0.481 e. The maximum absolute atomic E-state index is 11.8. The maximum atomic E-state index is 11.8. The van der Waals surface area contributed by atoms with Crippen LogP contribution in [0.1, 0.15) is 28.1 Å². The van der Waals surface area contributed by atoms with Gasteiger partial charge in [0, 0.05) is 6.54 Å². The van der Waals surface area contributed by atoms with Crippen LogP contribution in [-0.2, 0) is 4.79 Å². The molecule has 0 aliphatic heterocycles. The van der Waals surface area contributed by atoms with E-state index >= 15 is 0 Å². The van der Waals surface area contributed by atoms with Crippen LogP contribution in [0.25, 0.3) is 0 Å². The fraction of sp³-hybridized carbons (Fsp3) is 0.455. The Morgan fingerprint density at radius 1 is 1.59 bits per heavy atom. The lowest BCUT2D eigenvalue weighted by Crippen LogP contribution is -2.33. The third kappa shape index (κ3) is 2.30. The first-order chi connectivity index (χ1) is 7.96. The van der Waals surface area contributed by atoms with Crippen molar-refractivity contribution in [1.29, 1.82) is 0 Å². The summed E-state index contributed by atoms with van der Waals surface area (Å²) in [6, 6.07) is 0. The van der Waals surface area contributed by atoms with E-state index in [0.717, 1.165) is 5.56 Å². The highest BCUT2D eigenvalue weighted by atomic mass is 35.5. The number of thiophene rings is 1. The van der Waals surface area contributed by atoms with Gasteiger partial charge in [-0.05, 0) is 30.7 Å². The fourth-order valence-electron chi connectivity index (χ4n) is 1.53. The van der Waals surface area contributed by atoms with Crippen LogP contribution in [0.15, 0.2) is 5.38 Å². The van der Waals surface area contributed by atoms with Gasteiger partial charge in [-0.2, -0.15) is 0 Å². The van der Waals surface area contributed by atoms with Crippen molar-refractivity contribution in [3.63, 3.8) is 0 Å². The Hall–Kier alpha value is -1.07. The predicted molar refractivity (Wildman–Crippen MR) is 65.7 cm³/mol. The van der Waals surface area contributed by atoms with E-state index in [-0.39, 0.29) is 12.5 Å². The summed E-state index contributed by atoms with van der Waals surface area (Å²) in [7, 11) is 0. The minimum absolute atomic E-state index is 0.175. The second kappa shape index (κ2) is 4.31. The zero-order valence-corrected chi connectivity index (χ0v) is 10.8. The molecule has 2 rings (SSSR count). The topological polar surface area (TPSA) is 66.4 Å². The van der Waals surface area contributed by atoms with Crippen molar-refractivity contribution in [3.8, 4) is 0 Å². The zero-order valence-electron chi connectivity index (χ0n) is 9.25. The number of halogens is 1. The van der Waals surface area contributed by atoms with E-state index in [1.165, 1.54) is 11.3 Å². The van der Waals surface area contributed by atoms with Crippen molar-refractivity contribution in [1.82, 2.24) is 5.32 Å². The molecule has 0 unspecified atom stereocenters. The molecule has 1 aliphatic carbocycles. The van der Waals surface area contributed by atoms with Gasteiger partial charge in [0.15, 0.2) is 0 Å². The minimum atomic E-state index is -0.841. The van der Waals surface area contributed by atoms with E-state index in [0.29, 0.717) is 22.7 Å². The Morgan fingerprint density at radius 3 is 2.65 bits per heavy atom. The Balaban J connectivity index is 1.99. The molecule has 0 saturated heterocycles. The number of carbonyl (C=O) groups excluding carboxylic acids is 1. The van der Waals surface area contributed by atoms with Crippen LogP contribution in [0.2, 0.25) is 5.02 Å². The first kappa shape index (κ1) is 12.4. The number of hydrogen-bond donors (Lipinski definition) is 2. The molecule has 1 saturated carbocycles. The van der Waals surface area contributed by atoms with Gasteiger partial charge in [-0.15, -0.1) is 11.3 Å². The molecule has 1 aromatic heterocycles. The van der Waals surface area contributed by atoms with Gasteiger partial charge in [0.2, 0.25) is 0 Å². The lowest BCUT2D eigenvalue weighted by Gasteiger charge is -2.10. The van der Waals surface area contributed by atoms with E-state index in [1.54, 1.807) is 5.38 Å². The molecule has 1 fully saturated rings. The summed E-state index contributed by atoms with van der Waals surface area (Å²) in [5, 5.41) is 13.9. The number of aliphatic carboxylic acids is 1. The third-order valence-electron chi connectivity index (χ3n) is 3.00. The SMILES string of the molecule is Cc1csc(C(=O)NCC2(C(=O)O)CC2)c1Cl. The Kier molecular flexibility index (Phi) is 3.14. The summed E-state index contributed by atoms with van der Waals surface area (Å²) in [5.41, 5.74) is 0.121. The summed E-state index contributed by atoms with van der Waals surface area (Å²) in [4.78, 5) is 23.2. The molecule has 0 atom stereocenters. The van der Waals surface area contributed by atoms with Gasteiger partial charge < -0.3 is 10.4 Å². The number of carbonyl (C=O) groups is 2. The van der Waals surface area contributed by atoms with Gasteiger partial charge in [-0.1, -0.05) is 11.6 Å². The van der Waals surface area contributed by atoms with Crippen LogP contribution in [0.3, 0.4) is 0 Å². The fourth-order valence-corrected chi connectivity index (χ4v) is 2.72. The third-order valence-corrected chi connectivity index (χ3v) is 4.70. The van der Waals surface area contributed by atoms with Crippen LogP contribution in [-0.4, -0.2) is 23.5 Å². The lowest BCUT2D eigenvalue weighted by molar-refractivity contribution is -0.143. The maximum Gasteiger partial charge on any atom is 0.311 e. The normalized spacial score (nSPS) is 16.6. The van der Waals surface area contributed by atoms with Crippen LogP contribution >= 0.6 is 22.9 Å². The van der Waals surface area contributed by atoms with Crippen molar-refractivity contribution in [2.45, 2.75) is 19.8 Å². The first-order valence-electron chi connectivity index (χ1n) is 5.21. The standard InChI is InChI=1S/C11H12ClNO3S/c1-6-4-17-8(7(6)12)9(14)13-5-11(2-3-11)10(15)16/h4H,2-3,5H2,1H3,(H,13,14)(H,15,16). The smallest absolute Gasteiger partial charge is 0.311 e. The molecule has 0 radical (unpaired) electrons. The van der Waals surface area contributed by atoms with E-state index in [4.69, 9.17) is 16.7 Å². The lowest BCUT2D eigenvalue weighted by atomic mass is 10.1. The van der Waals surface area contributed by atoms with Crippen LogP contribution < -0.4 is 5.32 Å². The van der Waals surface area contributed by atoms with Gasteiger partial charge in [0.1, 0.15) is 4.88 Å². The highest BCUT2D eigenvalue weighted by Crippen LogP contribution is 2.45.